The van der Waals surface area contributed by atoms with Crippen molar-refractivity contribution in [3.63, 3.8) is 0 Å². The highest BCUT2D eigenvalue weighted by atomic mass is 35.5. The van der Waals surface area contributed by atoms with Crippen LogP contribution in [0.5, 0.6) is 0 Å². The van der Waals surface area contributed by atoms with Gasteiger partial charge in [0.1, 0.15) is 5.54 Å². The SMILES string of the molecule is CCOC(=O)C(CC)(Nc1cccc(Cl)c1)C1CC1. The minimum atomic E-state index is -0.610. The van der Waals surface area contributed by atoms with Crippen molar-refractivity contribution in [2.75, 3.05) is 11.9 Å². The standard InChI is InChI=1S/C15H20ClNO2/c1-3-15(11-8-9-11,14(18)19-4-2)17-13-7-5-6-12(16)10-13/h5-7,10-11,17H,3-4,8-9H2,1-2H3. The Morgan fingerprint density at radius 1 is 1.47 bits per heavy atom. The van der Waals surface area contributed by atoms with E-state index in [4.69, 9.17) is 16.3 Å². The Bertz CT molecular complexity index is 459. The van der Waals surface area contributed by atoms with E-state index >= 15 is 0 Å². The minimum Gasteiger partial charge on any atom is -0.464 e. The molecule has 0 aromatic heterocycles. The van der Waals surface area contributed by atoms with Crippen LogP contribution in [0.3, 0.4) is 0 Å². The monoisotopic (exact) mass is 281 g/mol. The highest BCUT2D eigenvalue weighted by molar-refractivity contribution is 6.30. The van der Waals surface area contributed by atoms with Gasteiger partial charge in [0, 0.05) is 10.7 Å². The van der Waals surface area contributed by atoms with E-state index < -0.39 is 5.54 Å². The number of carbonyl (C=O) groups is 1. The van der Waals surface area contributed by atoms with Crippen molar-refractivity contribution in [1.82, 2.24) is 0 Å². The van der Waals surface area contributed by atoms with Crippen LogP contribution >= 0.6 is 11.6 Å². The Morgan fingerprint density at radius 3 is 2.74 bits per heavy atom. The lowest BCUT2D eigenvalue weighted by Gasteiger charge is -2.32. The lowest BCUT2D eigenvalue weighted by molar-refractivity contribution is -0.149. The summed E-state index contributed by atoms with van der Waals surface area (Å²) in [6.07, 6.45) is 2.85. The molecule has 0 amide bonds. The molecule has 0 spiro atoms. The van der Waals surface area contributed by atoms with Gasteiger partial charge >= 0.3 is 5.97 Å². The molecule has 0 bridgehead atoms. The van der Waals surface area contributed by atoms with Gasteiger partial charge in [0.05, 0.1) is 6.61 Å². The van der Waals surface area contributed by atoms with Crippen LogP contribution in [0, 0.1) is 5.92 Å². The van der Waals surface area contributed by atoms with Crippen molar-refractivity contribution in [3.05, 3.63) is 29.3 Å². The van der Waals surface area contributed by atoms with E-state index in [1.165, 1.54) is 0 Å². The first kappa shape index (κ1) is 14.2. The fraction of sp³-hybridized carbons (Fsp3) is 0.533. The average molecular weight is 282 g/mol. The number of benzene rings is 1. The van der Waals surface area contributed by atoms with Crippen molar-refractivity contribution in [2.45, 2.75) is 38.6 Å². The number of halogens is 1. The molecule has 1 atom stereocenters. The van der Waals surface area contributed by atoms with E-state index in [9.17, 15) is 4.79 Å². The first-order valence-corrected chi connectivity index (χ1v) is 7.21. The van der Waals surface area contributed by atoms with Gasteiger partial charge in [0.2, 0.25) is 0 Å². The summed E-state index contributed by atoms with van der Waals surface area (Å²) in [4.78, 5) is 12.3. The van der Waals surface area contributed by atoms with E-state index in [0.717, 1.165) is 18.5 Å². The first-order chi connectivity index (χ1) is 9.12. The molecule has 0 radical (unpaired) electrons. The Balaban J connectivity index is 2.25. The minimum absolute atomic E-state index is 0.153. The van der Waals surface area contributed by atoms with Crippen LogP contribution in [-0.2, 0) is 9.53 Å². The number of hydrogen-bond acceptors (Lipinski definition) is 3. The zero-order valence-corrected chi connectivity index (χ0v) is 12.2. The number of nitrogens with one attached hydrogen (secondary N) is 1. The van der Waals surface area contributed by atoms with Crippen LogP contribution in [0.1, 0.15) is 33.1 Å². The van der Waals surface area contributed by atoms with Crippen molar-refractivity contribution < 1.29 is 9.53 Å². The summed E-state index contributed by atoms with van der Waals surface area (Å²) in [5.41, 5.74) is 0.259. The van der Waals surface area contributed by atoms with Crippen LogP contribution in [0.4, 0.5) is 5.69 Å². The zero-order valence-electron chi connectivity index (χ0n) is 11.4. The van der Waals surface area contributed by atoms with Crippen molar-refractivity contribution >= 4 is 23.3 Å². The van der Waals surface area contributed by atoms with Gasteiger partial charge in [-0.25, -0.2) is 4.79 Å². The van der Waals surface area contributed by atoms with E-state index in [2.05, 4.69) is 5.32 Å². The average Bonchev–Trinajstić information content (AvgIpc) is 3.21. The van der Waals surface area contributed by atoms with Gasteiger partial charge in [-0.1, -0.05) is 24.6 Å². The molecule has 2 rings (SSSR count). The third-order valence-electron chi connectivity index (χ3n) is 3.66. The fourth-order valence-corrected chi connectivity index (χ4v) is 2.69. The molecular weight excluding hydrogens is 262 g/mol. The second kappa shape index (κ2) is 5.83. The van der Waals surface area contributed by atoms with Crippen LogP contribution in [0.2, 0.25) is 5.02 Å². The predicted octanol–water partition coefficient (Wildman–Crippen LogP) is 3.87. The summed E-state index contributed by atoms with van der Waals surface area (Å²) in [7, 11) is 0. The van der Waals surface area contributed by atoms with Crippen LogP contribution in [0.25, 0.3) is 0 Å². The Kier molecular flexibility index (Phi) is 4.35. The molecule has 0 aliphatic heterocycles. The third kappa shape index (κ3) is 3.03. The quantitative estimate of drug-likeness (QED) is 0.805. The van der Waals surface area contributed by atoms with E-state index in [1.807, 2.05) is 38.1 Å². The molecule has 1 saturated carbocycles. The molecule has 1 aliphatic carbocycles. The van der Waals surface area contributed by atoms with Crippen molar-refractivity contribution in [2.24, 2.45) is 5.92 Å². The lowest BCUT2D eigenvalue weighted by atomic mass is 9.89. The van der Waals surface area contributed by atoms with Gasteiger partial charge in [-0.05, 0) is 50.3 Å². The second-order valence-electron chi connectivity index (χ2n) is 4.95. The van der Waals surface area contributed by atoms with E-state index in [0.29, 0.717) is 24.0 Å². The highest BCUT2D eigenvalue weighted by Crippen LogP contribution is 2.44. The molecule has 1 aromatic rings. The summed E-state index contributed by atoms with van der Waals surface area (Å²) in [5, 5.41) is 4.03. The largest absolute Gasteiger partial charge is 0.464 e. The number of carbonyl (C=O) groups excluding carboxylic acids is 1. The summed E-state index contributed by atoms with van der Waals surface area (Å²) < 4.78 is 5.27. The predicted molar refractivity (Wildman–Crippen MR) is 77.5 cm³/mol. The number of hydrogen-bond donors (Lipinski definition) is 1. The second-order valence-corrected chi connectivity index (χ2v) is 5.39. The van der Waals surface area contributed by atoms with Gasteiger partial charge in [-0.2, -0.15) is 0 Å². The number of anilines is 1. The van der Waals surface area contributed by atoms with Gasteiger partial charge in [-0.3, -0.25) is 0 Å². The molecule has 1 N–H and O–H groups in total. The molecule has 3 nitrogen and oxygen atoms in total. The Morgan fingerprint density at radius 2 is 2.21 bits per heavy atom. The summed E-state index contributed by atoms with van der Waals surface area (Å²) in [6.45, 7) is 4.27. The Hall–Kier alpha value is -1.22. The Labute approximate surface area is 119 Å². The number of rotatable bonds is 6. The summed E-state index contributed by atoms with van der Waals surface area (Å²) >= 11 is 6.00. The maximum atomic E-state index is 12.3. The molecule has 1 fully saturated rings. The van der Waals surface area contributed by atoms with Crippen molar-refractivity contribution in [3.8, 4) is 0 Å². The molecule has 0 saturated heterocycles. The maximum absolute atomic E-state index is 12.3. The summed E-state index contributed by atoms with van der Waals surface area (Å²) in [5.74, 6) is 0.204. The molecule has 1 aliphatic rings. The number of esters is 1. The molecule has 0 heterocycles. The topological polar surface area (TPSA) is 38.3 Å². The molecule has 1 unspecified atom stereocenters. The van der Waals surface area contributed by atoms with Gasteiger partial charge < -0.3 is 10.1 Å². The molecule has 104 valence electrons. The van der Waals surface area contributed by atoms with Gasteiger partial charge in [0.25, 0.3) is 0 Å². The van der Waals surface area contributed by atoms with Gasteiger partial charge in [-0.15, -0.1) is 0 Å². The molecule has 19 heavy (non-hydrogen) atoms. The van der Waals surface area contributed by atoms with E-state index in [1.54, 1.807) is 0 Å². The smallest absolute Gasteiger partial charge is 0.332 e. The van der Waals surface area contributed by atoms with Crippen molar-refractivity contribution in [1.29, 1.82) is 0 Å². The maximum Gasteiger partial charge on any atom is 0.332 e. The fourth-order valence-electron chi connectivity index (χ4n) is 2.50. The highest BCUT2D eigenvalue weighted by Gasteiger charge is 2.50. The molecule has 1 aromatic carbocycles. The van der Waals surface area contributed by atoms with Crippen LogP contribution in [0.15, 0.2) is 24.3 Å². The lowest BCUT2D eigenvalue weighted by Crippen LogP contribution is -2.49. The van der Waals surface area contributed by atoms with Gasteiger partial charge in [0.15, 0.2) is 0 Å². The zero-order chi connectivity index (χ0) is 13.9. The van der Waals surface area contributed by atoms with E-state index in [-0.39, 0.29) is 5.97 Å². The number of ether oxygens (including phenoxy) is 1. The normalized spacial score (nSPS) is 17.6. The molecular formula is C15H20ClNO2. The molecule has 4 heteroatoms. The summed E-state index contributed by atoms with van der Waals surface area (Å²) in [6, 6.07) is 7.47. The van der Waals surface area contributed by atoms with Crippen LogP contribution in [-0.4, -0.2) is 18.1 Å². The van der Waals surface area contributed by atoms with Crippen LogP contribution < -0.4 is 5.32 Å². The first-order valence-electron chi connectivity index (χ1n) is 6.83. The third-order valence-corrected chi connectivity index (χ3v) is 3.90.